The largest absolute Gasteiger partial charge is 0.573 e. The van der Waals surface area contributed by atoms with E-state index in [-0.39, 0.29) is 11.3 Å². The maximum Gasteiger partial charge on any atom is 0.573 e. The van der Waals surface area contributed by atoms with Gasteiger partial charge in [-0.2, -0.15) is 0 Å². The van der Waals surface area contributed by atoms with E-state index in [2.05, 4.69) is 11.3 Å². The number of halogens is 3. The predicted octanol–water partition coefficient (Wildman–Crippen LogP) is 4.80. The van der Waals surface area contributed by atoms with E-state index in [1.165, 1.54) is 18.2 Å². The number of aryl methyl sites for hydroxylation is 1. The van der Waals surface area contributed by atoms with E-state index < -0.39 is 6.36 Å². The van der Waals surface area contributed by atoms with Crippen LogP contribution in [0.1, 0.15) is 11.3 Å². The average molecular weight is 268 g/mol. The first-order chi connectivity index (χ1) is 8.89. The van der Waals surface area contributed by atoms with E-state index in [0.29, 0.717) is 17.1 Å². The second-order valence-electron chi connectivity index (χ2n) is 3.91. The van der Waals surface area contributed by atoms with Crippen molar-refractivity contribution in [2.24, 2.45) is 0 Å². The van der Waals surface area contributed by atoms with Crippen molar-refractivity contribution in [3.05, 3.63) is 48.2 Å². The highest BCUT2D eigenvalue weighted by Crippen LogP contribution is 2.32. The lowest BCUT2D eigenvalue weighted by Crippen LogP contribution is -2.17. The fourth-order valence-electron chi connectivity index (χ4n) is 1.66. The highest BCUT2D eigenvalue weighted by atomic mass is 19.4. The fraction of sp³-hybridized carbons (Fsp3) is 0.143. The molecule has 0 spiro atoms. The summed E-state index contributed by atoms with van der Waals surface area (Å²) in [6.07, 6.45) is -3.44. The van der Waals surface area contributed by atoms with Crippen LogP contribution in [0, 0.1) is 6.92 Å². The molecule has 1 aromatic carbocycles. The lowest BCUT2D eigenvalue weighted by molar-refractivity contribution is -0.274. The molecule has 0 atom stereocenters. The minimum absolute atomic E-state index is 0.268. The van der Waals surface area contributed by atoms with Gasteiger partial charge < -0.3 is 9.15 Å². The molecule has 0 N–H and O–H groups in total. The van der Waals surface area contributed by atoms with E-state index >= 15 is 0 Å². The lowest BCUT2D eigenvalue weighted by atomic mass is 10.1. The van der Waals surface area contributed by atoms with Crippen LogP contribution in [0.25, 0.3) is 17.4 Å². The molecule has 0 fully saturated rings. The number of ether oxygens (including phenoxy) is 1. The van der Waals surface area contributed by atoms with E-state index in [1.54, 1.807) is 25.1 Å². The van der Waals surface area contributed by atoms with Crippen molar-refractivity contribution in [2.75, 3.05) is 0 Å². The van der Waals surface area contributed by atoms with Crippen LogP contribution in [0.5, 0.6) is 5.75 Å². The summed E-state index contributed by atoms with van der Waals surface area (Å²) in [5.41, 5.74) is 0.780. The molecular weight excluding hydrogens is 257 g/mol. The SMILES string of the molecule is C=Cc1ccc(-c2ccc(C)o2)cc1OC(F)(F)F. The summed E-state index contributed by atoms with van der Waals surface area (Å²) in [5, 5.41) is 0. The van der Waals surface area contributed by atoms with Crippen molar-refractivity contribution in [2.45, 2.75) is 13.3 Å². The molecule has 0 radical (unpaired) electrons. The van der Waals surface area contributed by atoms with Gasteiger partial charge in [-0.3, -0.25) is 0 Å². The number of furan rings is 1. The highest BCUT2D eigenvalue weighted by molar-refractivity contribution is 5.66. The summed E-state index contributed by atoms with van der Waals surface area (Å²) in [5.74, 6) is 0.871. The molecule has 0 aliphatic heterocycles. The third kappa shape index (κ3) is 3.19. The molecule has 2 aromatic rings. The minimum Gasteiger partial charge on any atom is -0.461 e. The standard InChI is InChI=1S/C14H11F3O2/c1-3-10-5-6-11(12-7-4-9(2)18-12)8-13(10)19-14(15,16)17/h3-8H,1H2,2H3. The van der Waals surface area contributed by atoms with Crippen molar-refractivity contribution in [3.8, 4) is 17.1 Å². The number of benzene rings is 1. The summed E-state index contributed by atoms with van der Waals surface area (Å²) >= 11 is 0. The molecule has 0 aliphatic carbocycles. The number of hydrogen-bond acceptors (Lipinski definition) is 2. The molecule has 0 aliphatic rings. The second kappa shape index (κ2) is 4.84. The first-order valence-electron chi connectivity index (χ1n) is 5.48. The Balaban J connectivity index is 2.43. The summed E-state index contributed by atoms with van der Waals surface area (Å²) in [6, 6.07) is 7.86. The van der Waals surface area contributed by atoms with Gasteiger partial charge in [-0.05, 0) is 25.1 Å². The molecular formula is C14H11F3O2. The topological polar surface area (TPSA) is 22.4 Å². The first kappa shape index (κ1) is 13.3. The molecule has 5 heteroatoms. The maximum atomic E-state index is 12.3. The van der Waals surface area contributed by atoms with Crippen molar-refractivity contribution in [1.29, 1.82) is 0 Å². The molecule has 0 saturated heterocycles. The molecule has 19 heavy (non-hydrogen) atoms. The van der Waals surface area contributed by atoms with Crippen molar-refractivity contribution >= 4 is 6.08 Å². The summed E-state index contributed by atoms with van der Waals surface area (Å²) in [4.78, 5) is 0. The predicted molar refractivity (Wildman–Crippen MR) is 65.7 cm³/mol. The number of rotatable bonds is 3. The first-order valence-corrected chi connectivity index (χ1v) is 5.48. The van der Waals surface area contributed by atoms with Gasteiger partial charge in [0.25, 0.3) is 0 Å². The lowest BCUT2D eigenvalue weighted by Gasteiger charge is -2.12. The smallest absolute Gasteiger partial charge is 0.461 e. The van der Waals surface area contributed by atoms with Crippen LogP contribution < -0.4 is 4.74 Å². The van der Waals surface area contributed by atoms with Gasteiger partial charge in [-0.1, -0.05) is 24.8 Å². The van der Waals surface area contributed by atoms with Crippen molar-refractivity contribution < 1.29 is 22.3 Å². The molecule has 0 saturated carbocycles. The Labute approximate surface area is 108 Å². The molecule has 2 rings (SSSR count). The Morgan fingerprint density at radius 3 is 2.47 bits per heavy atom. The quantitative estimate of drug-likeness (QED) is 0.798. The Kier molecular flexibility index (Phi) is 3.38. The normalized spacial score (nSPS) is 11.4. The Bertz CT molecular complexity index is 597. The van der Waals surface area contributed by atoms with Crippen LogP contribution in [0.4, 0.5) is 13.2 Å². The second-order valence-corrected chi connectivity index (χ2v) is 3.91. The summed E-state index contributed by atoms with van der Waals surface area (Å²) in [7, 11) is 0. The molecule has 1 aromatic heterocycles. The number of alkyl halides is 3. The van der Waals surface area contributed by atoms with Gasteiger partial charge in [-0.15, -0.1) is 13.2 Å². The zero-order valence-electron chi connectivity index (χ0n) is 10.1. The molecule has 0 unspecified atom stereocenters. The minimum atomic E-state index is -4.74. The number of hydrogen-bond donors (Lipinski definition) is 0. The van der Waals surface area contributed by atoms with Crippen LogP contribution >= 0.6 is 0 Å². The highest BCUT2D eigenvalue weighted by Gasteiger charge is 2.32. The molecule has 0 bridgehead atoms. The van der Waals surface area contributed by atoms with E-state index in [4.69, 9.17) is 4.42 Å². The van der Waals surface area contributed by atoms with E-state index in [0.717, 1.165) is 0 Å². The van der Waals surface area contributed by atoms with E-state index in [9.17, 15) is 13.2 Å². The molecule has 100 valence electrons. The van der Waals surface area contributed by atoms with Gasteiger partial charge >= 0.3 is 6.36 Å². The van der Waals surface area contributed by atoms with Crippen LogP contribution in [0.2, 0.25) is 0 Å². The van der Waals surface area contributed by atoms with Gasteiger partial charge in [0.15, 0.2) is 0 Å². The van der Waals surface area contributed by atoms with Gasteiger partial charge in [0, 0.05) is 11.1 Å². The van der Waals surface area contributed by atoms with Gasteiger partial charge in [0.1, 0.15) is 17.3 Å². The fourth-order valence-corrected chi connectivity index (χ4v) is 1.66. The van der Waals surface area contributed by atoms with Crippen LogP contribution in [0.15, 0.2) is 41.3 Å². The van der Waals surface area contributed by atoms with Crippen LogP contribution in [0.3, 0.4) is 0 Å². The Morgan fingerprint density at radius 1 is 1.21 bits per heavy atom. The molecule has 0 amide bonds. The van der Waals surface area contributed by atoms with Crippen molar-refractivity contribution in [1.82, 2.24) is 0 Å². The van der Waals surface area contributed by atoms with Gasteiger partial charge in [-0.25, -0.2) is 0 Å². The third-order valence-electron chi connectivity index (χ3n) is 2.48. The van der Waals surface area contributed by atoms with E-state index in [1.807, 2.05) is 0 Å². The average Bonchev–Trinajstić information content (AvgIpc) is 2.74. The van der Waals surface area contributed by atoms with Gasteiger partial charge in [0.05, 0.1) is 0 Å². The molecule has 2 nitrogen and oxygen atoms in total. The molecule has 1 heterocycles. The monoisotopic (exact) mass is 268 g/mol. The summed E-state index contributed by atoms with van der Waals surface area (Å²) < 4.78 is 46.3. The zero-order valence-corrected chi connectivity index (χ0v) is 10.1. The Morgan fingerprint density at radius 2 is 1.95 bits per heavy atom. The van der Waals surface area contributed by atoms with Crippen molar-refractivity contribution in [3.63, 3.8) is 0 Å². The summed E-state index contributed by atoms with van der Waals surface area (Å²) in [6.45, 7) is 5.22. The third-order valence-corrected chi connectivity index (χ3v) is 2.48. The van der Waals surface area contributed by atoms with Crippen LogP contribution in [-0.4, -0.2) is 6.36 Å². The maximum absolute atomic E-state index is 12.3. The van der Waals surface area contributed by atoms with Crippen LogP contribution in [-0.2, 0) is 0 Å². The zero-order chi connectivity index (χ0) is 14.0. The van der Waals surface area contributed by atoms with Gasteiger partial charge in [0.2, 0.25) is 0 Å². The Hall–Kier alpha value is -2.17.